The van der Waals surface area contributed by atoms with Crippen LogP contribution in [0.25, 0.3) is 21.8 Å². The lowest BCUT2D eigenvalue weighted by Crippen LogP contribution is -2.39. The number of nitrogens with zero attached hydrogens (tertiary/aromatic N) is 3. The molecule has 0 aliphatic carbocycles. The van der Waals surface area contributed by atoms with Gasteiger partial charge in [-0.05, 0) is 31.4 Å². The fraction of sp³-hybridized carbons (Fsp3) is 0.400. The third-order valence-electron chi connectivity index (χ3n) is 5.12. The molecular weight excluding hydrogens is 298 g/mol. The first-order chi connectivity index (χ1) is 11.8. The van der Waals surface area contributed by atoms with E-state index in [1.54, 1.807) is 0 Å². The standard InChI is InChI=1S/C20H23N3O/c1-3-5-12-22-13-10-16-15-9-8-14-7-6-11-21-17(14)18(15)23(4-2)19(16)20(22)24/h6-9,11H,3-5,10,12-13H2,1-2H3. The van der Waals surface area contributed by atoms with Crippen molar-refractivity contribution < 1.29 is 4.79 Å². The molecule has 3 heterocycles. The van der Waals surface area contributed by atoms with Crippen molar-refractivity contribution in [3.05, 3.63) is 41.7 Å². The molecule has 0 fully saturated rings. The van der Waals surface area contributed by atoms with Crippen molar-refractivity contribution in [1.82, 2.24) is 14.5 Å². The first-order valence-corrected chi connectivity index (χ1v) is 8.94. The molecule has 0 radical (unpaired) electrons. The first kappa shape index (κ1) is 15.2. The number of fused-ring (bicyclic) bond motifs is 5. The summed E-state index contributed by atoms with van der Waals surface area (Å²) in [4.78, 5) is 19.7. The summed E-state index contributed by atoms with van der Waals surface area (Å²) in [6.07, 6.45) is 4.95. The predicted octanol–water partition coefficient (Wildman–Crippen LogP) is 4.01. The molecule has 4 heteroatoms. The summed E-state index contributed by atoms with van der Waals surface area (Å²) < 4.78 is 2.18. The lowest BCUT2D eigenvalue weighted by molar-refractivity contribution is 0.0726. The zero-order chi connectivity index (χ0) is 16.7. The van der Waals surface area contributed by atoms with Crippen LogP contribution in [-0.4, -0.2) is 33.4 Å². The maximum absolute atomic E-state index is 13.1. The van der Waals surface area contributed by atoms with Crippen LogP contribution >= 0.6 is 0 Å². The number of aryl methyl sites for hydroxylation is 1. The van der Waals surface area contributed by atoms with Crippen LogP contribution in [0, 0.1) is 0 Å². The van der Waals surface area contributed by atoms with Gasteiger partial charge in [0.15, 0.2) is 0 Å². The van der Waals surface area contributed by atoms with E-state index in [0.717, 1.165) is 61.0 Å². The van der Waals surface area contributed by atoms with Gasteiger partial charge in [-0.3, -0.25) is 9.78 Å². The molecule has 0 atom stereocenters. The van der Waals surface area contributed by atoms with Crippen molar-refractivity contribution in [3.8, 4) is 0 Å². The van der Waals surface area contributed by atoms with Gasteiger partial charge in [0.1, 0.15) is 5.69 Å². The van der Waals surface area contributed by atoms with E-state index in [1.165, 1.54) is 10.9 Å². The van der Waals surface area contributed by atoms with Crippen molar-refractivity contribution in [3.63, 3.8) is 0 Å². The maximum atomic E-state index is 13.1. The quantitative estimate of drug-likeness (QED) is 0.728. The molecule has 1 aliphatic rings. The van der Waals surface area contributed by atoms with Crippen LogP contribution in [0.3, 0.4) is 0 Å². The number of hydrogen-bond acceptors (Lipinski definition) is 2. The summed E-state index contributed by atoms with van der Waals surface area (Å²) in [7, 11) is 0. The molecular formula is C20H23N3O. The monoisotopic (exact) mass is 321 g/mol. The Kier molecular flexibility index (Phi) is 3.75. The molecule has 124 valence electrons. The topological polar surface area (TPSA) is 38.1 Å². The Hall–Kier alpha value is -2.36. The number of carbonyl (C=O) groups is 1. The Morgan fingerprint density at radius 3 is 2.88 bits per heavy atom. The van der Waals surface area contributed by atoms with Crippen molar-refractivity contribution in [2.45, 2.75) is 39.7 Å². The summed E-state index contributed by atoms with van der Waals surface area (Å²) >= 11 is 0. The third kappa shape index (κ3) is 2.13. The molecule has 0 saturated carbocycles. The van der Waals surface area contributed by atoms with Gasteiger partial charge in [0.25, 0.3) is 5.91 Å². The molecule has 0 N–H and O–H groups in total. The van der Waals surface area contributed by atoms with E-state index in [4.69, 9.17) is 0 Å². The summed E-state index contributed by atoms with van der Waals surface area (Å²) in [6, 6.07) is 8.34. The fourth-order valence-electron chi connectivity index (χ4n) is 3.92. The number of carbonyl (C=O) groups excluding carboxylic acids is 1. The highest BCUT2D eigenvalue weighted by molar-refractivity contribution is 6.10. The maximum Gasteiger partial charge on any atom is 0.270 e. The number of rotatable bonds is 4. The van der Waals surface area contributed by atoms with Crippen LogP contribution in [0.2, 0.25) is 0 Å². The van der Waals surface area contributed by atoms with Crippen LogP contribution in [0.4, 0.5) is 0 Å². The van der Waals surface area contributed by atoms with Crippen LogP contribution in [0.15, 0.2) is 30.5 Å². The van der Waals surface area contributed by atoms with Gasteiger partial charge in [-0.15, -0.1) is 0 Å². The minimum atomic E-state index is 0.187. The summed E-state index contributed by atoms with van der Waals surface area (Å²) in [5, 5.41) is 2.33. The van der Waals surface area contributed by atoms with E-state index in [0.29, 0.717) is 0 Å². The van der Waals surface area contributed by atoms with Gasteiger partial charge in [-0.1, -0.05) is 31.5 Å². The molecule has 1 aromatic carbocycles. The molecule has 1 aliphatic heterocycles. The van der Waals surface area contributed by atoms with E-state index in [1.807, 2.05) is 17.2 Å². The molecule has 4 rings (SSSR count). The Labute approximate surface area is 142 Å². The molecule has 0 spiro atoms. The third-order valence-corrected chi connectivity index (χ3v) is 5.12. The highest BCUT2D eigenvalue weighted by Crippen LogP contribution is 2.34. The largest absolute Gasteiger partial charge is 0.337 e. The smallest absolute Gasteiger partial charge is 0.270 e. The van der Waals surface area contributed by atoms with Crippen LogP contribution < -0.4 is 0 Å². The van der Waals surface area contributed by atoms with Gasteiger partial charge in [-0.25, -0.2) is 0 Å². The summed E-state index contributed by atoms with van der Waals surface area (Å²) in [5.41, 5.74) is 4.20. The summed E-state index contributed by atoms with van der Waals surface area (Å²) in [5.74, 6) is 0.187. The second-order valence-corrected chi connectivity index (χ2v) is 6.50. The van der Waals surface area contributed by atoms with Gasteiger partial charge in [0.05, 0.1) is 11.0 Å². The number of hydrogen-bond donors (Lipinski definition) is 0. The Morgan fingerprint density at radius 1 is 1.21 bits per heavy atom. The first-order valence-electron chi connectivity index (χ1n) is 8.94. The Bertz CT molecular complexity index is 925. The molecule has 3 aromatic rings. The SMILES string of the molecule is CCCCN1CCc2c(n(CC)c3c2ccc2cccnc23)C1=O. The van der Waals surface area contributed by atoms with Crippen LogP contribution in [0.1, 0.15) is 42.7 Å². The highest BCUT2D eigenvalue weighted by Gasteiger charge is 2.30. The van der Waals surface area contributed by atoms with E-state index >= 15 is 0 Å². The van der Waals surface area contributed by atoms with Gasteiger partial charge in [0, 0.05) is 36.6 Å². The molecule has 24 heavy (non-hydrogen) atoms. The van der Waals surface area contributed by atoms with Crippen molar-refractivity contribution >= 4 is 27.7 Å². The fourth-order valence-corrected chi connectivity index (χ4v) is 3.92. The van der Waals surface area contributed by atoms with Crippen molar-refractivity contribution in [1.29, 1.82) is 0 Å². The number of unbranched alkanes of at least 4 members (excludes halogenated alkanes) is 1. The van der Waals surface area contributed by atoms with Crippen molar-refractivity contribution in [2.24, 2.45) is 0 Å². The van der Waals surface area contributed by atoms with E-state index in [9.17, 15) is 4.79 Å². The highest BCUT2D eigenvalue weighted by atomic mass is 16.2. The lowest BCUT2D eigenvalue weighted by Gasteiger charge is -2.28. The van der Waals surface area contributed by atoms with Crippen molar-refractivity contribution in [2.75, 3.05) is 13.1 Å². The second-order valence-electron chi connectivity index (χ2n) is 6.50. The van der Waals surface area contributed by atoms with Crippen LogP contribution in [-0.2, 0) is 13.0 Å². The minimum absolute atomic E-state index is 0.187. The van der Waals surface area contributed by atoms with Gasteiger partial charge >= 0.3 is 0 Å². The average molecular weight is 321 g/mol. The molecule has 4 nitrogen and oxygen atoms in total. The second kappa shape index (κ2) is 5.93. The Balaban J connectivity index is 1.96. The number of aromatic nitrogens is 2. The average Bonchev–Trinajstić information content (AvgIpc) is 2.96. The predicted molar refractivity (Wildman–Crippen MR) is 97.4 cm³/mol. The molecule has 0 saturated heterocycles. The van der Waals surface area contributed by atoms with Gasteiger partial charge in [-0.2, -0.15) is 0 Å². The van der Waals surface area contributed by atoms with Crippen LogP contribution in [0.5, 0.6) is 0 Å². The van der Waals surface area contributed by atoms with E-state index in [2.05, 4.69) is 41.6 Å². The van der Waals surface area contributed by atoms with Gasteiger partial charge < -0.3 is 9.47 Å². The molecule has 0 unspecified atom stereocenters. The molecule has 0 bridgehead atoms. The minimum Gasteiger partial charge on any atom is -0.337 e. The number of benzene rings is 1. The number of pyridine rings is 1. The zero-order valence-electron chi connectivity index (χ0n) is 14.4. The lowest BCUT2D eigenvalue weighted by atomic mass is 10.0. The number of amides is 1. The normalized spacial score (nSPS) is 14.6. The zero-order valence-corrected chi connectivity index (χ0v) is 14.4. The Morgan fingerprint density at radius 2 is 2.08 bits per heavy atom. The summed E-state index contributed by atoms with van der Waals surface area (Å²) in [6.45, 7) is 6.75. The van der Waals surface area contributed by atoms with E-state index < -0.39 is 0 Å². The molecule has 1 amide bonds. The van der Waals surface area contributed by atoms with Gasteiger partial charge in [0.2, 0.25) is 0 Å². The van der Waals surface area contributed by atoms with E-state index in [-0.39, 0.29) is 5.91 Å². The molecule has 2 aromatic heterocycles.